The molecule has 0 N–H and O–H groups in total. The molecule has 0 radical (unpaired) electrons. The number of rotatable bonds is 2. The van der Waals surface area contributed by atoms with E-state index in [4.69, 9.17) is 5.26 Å². The van der Waals surface area contributed by atoms with Gasteiger partial charge < -0.3 is 4.90 Å². The van der Waals surface area contributed by atoms with Crippen LogP contribution in [0.15, 0.2) is 42.1 Å². The van der Waals surface area contributed by atoms with Gasteiger partial charge in [0.1, 0.15) is 0 Å². The Balaban J connectivity index is 2.07. The van der Waals surface area contributed by atoms with Crippen molar-refractivity contribution in [3.63, 3.8) is 0 Å². The molecule has 0 aromatic heterocycles. The number of allylic oxidation sites excluding steroid dienone is 2. The molecule has 0 bridgehead atoms. The Kier molecular flexibility index (Phi) is 3.04. The maximum Gasteiger partial charge on any atom is 0.0930 e. The van der Waals surface area contributed by atoms with Gasteiger partial charge in [-0.3, -0.25) is 0 Å². The predicted molar refractivity (Wildman–Crippen MR) is 59.8 cm³/mol. The van der Waals surface area contributed by atoms with Crippen molar-refractivity contribution >= 4 is 0 Å². The van der Waals surface area contributed by atoms with Crippen LogP contribution >= 0.6 is 0 Å². The van der Waals surface area contributed by atoms with E-state index in [0.717, 1.165) is 19.5 Å². The Morgan fingerprint density at radius 2 is 2.13 bits per heavy atom. The van der Waals surface area contributed by atoms with E-state index < -0.39 is 0 Å². The molecule has 0 spiro atoms. The van der Waals surface area contributed by atoms with E-state index in [1.165, 1.54) is 17.7 Å². The normalized spacial score (nSPS) is 18.1. The van der Waals surface area contributed by atoms with E-state index in [1.807, 2.05) is 6.07 Å². The fraction of sp³-hybridized carbons (Fsp3) is 0.308. The van der Waals surface area contributed by atoms with Gasteiger partial charge in [0.2, 0.25) is 0 Å². The zero-order chi connectivity index (χ0) is 10.5. The number of nitriles is 1. The molecule has 0 amide bonds. The zero-order valence-corrected chi connectivity index (χ0v) is 8.69. The number of nitrogens with zero attached hydrogens (tertiary/aromatic N) is 2. The molecule has 1 heterocycles. The highest BCUT2D eigenvalue weighted by molar-refractivity contribution is 5.19. The maximum absolute atomic E-state index is 8.66. The summed E-state index contributed by atoms with van der Waals surface area (Å²) in [7, 11) is 0. The van der Waals surface area contributed by atoms with Crippen molar-refractivity contribution in [3.8, 4) is 6.07 Å². The molecule has 0 unspecified atom stereocenters. The lowest BCUT2D eigenvalue weighted by Crippen LogP contribution is -2.16. The van der Waals surface area contributed by atoms with Crippen LogP contribution < -0.4 is 0 Å². The molecule has 2 heteroatoms. The van der Waals surface area contributed by atoms with Crippen molar-refractivity contribution in [2.24, 2.45) is 0 Å². The van der Waals surface area contributed by atoms with Crippen LogP contribution in [0.4, 0.5) is 0 Å². The highest BCUT2D eigenvalue weighted by atomic mass is 15.1. The second-order valence-corrected chi connectivity index (χ2v) is 3.78. The lowest BCUT2D eigenvalue weighted by Gasteiger charge is -2.19. The van der Waals surface area contributed by atoms with E-state index in [9.17, 15) is 0 Å². The van der Waals surface area contributed by atoms with Gasteiger partial charge in [0.05, 0.1) is 6.07 Å². The molecule has 1 aliphatic heterocycles. The number of benzene rings is 1. The predicted octanol–water partition coefficient (Wildman–Crippen LogP) is 2.69. The lowest BCUT2D eigenvalue weighted by molar-refractivity contribution is 0.386. The molecular weight excluding hydrogens is 184 g/mol. The summed E-state index contributed by atoms with van der Waals surface area (Å²) in [5, 5.41) is 8.66. The number of hydrogen-bond acceptors (Lipinski definition) is 2. The van der Waals surface area contributed by atoms with Crippen LogP contribution in [-0.2, 0) is 6.54 Å². The van der Waals surface area contributed by atoms with Crippen molar-refractivity contribution in [3.05, 3.63) is 47.7 Å². The largest absolute Gasteiger partial charge is 0.370 e. The lowest BCUT2D eigenvalue weighted by atomic mass is 10.2. The van der Waals surface area contributed by atoms with Crippen LogP contribution in [0.1, 0.15) is 18.4 Å². The number of hydrogen-bond donors (Lipinski definition) is 0. The summed E-state index contributed by atoms with van der Waals surface area (Å²) in [6.45, 7) is 2.00. The fourth-order valence-corrected chi connectivity index (χ4v) is 1.98. The third-order valence-electron chi connectivity index (χ3n) is 2.71. The van der Waals surface area contributed by atoms with E-state index in [0.29, 0.717) is 0 Å². The van der Waals surface area contributed by atoms with Gasteiger partial charge in [0.15, 0.2) is 0 Å². The van der Waals surface area contributed by atoms with E-state index in [2.05, 4.69) is 35.2 Å². The summed E-state index contributed by atoms with van der Waals surface area (Å²) in [5.41, 5.74) is 2.49. The monoisotopic (exact) mass is 198 g/mol. The average molecular weight is 198 g/mol. The minimum absolute atomic E-state index is 0.925. The SMILES string of the molecule is N#CC=C1CCCN1Cc1ccccc1. The van der Waals surface area contributed by atoms with Gasteiger partial charge in [-0.15, -0.1) is 0 Å². The van der Waals surface area contributed by atoms with Crippen molar-refractivity contribution < 1.29 is 0 Å². The third-order valence-corrected chi connectivity index (χ3v) is 2.71. The molecule has 1 aromatic rings. The van der Waals surface area contributed by atoms with Crippen LogP contribution in [0, 0.1) is 11.3 Å². The van der Waals surface area contributed by atoms with Crippen molar-refractivity contribution in [2.75, 3.05) is 6.54 Å². The fourth-order valence-electron chi connectivity index (χ4n) is 1.98. The number of likely N-dealkylation sites (tertiary alicyclic amines) is 1. The zero-order valence-electron chi connectivity index (χ0n) is 8.69. The summed E-state index contributed by atoms with van der Waals surface area (Å²) in [6, 6.07) is 12.5. The van der Waals surface area contributed by atoms with Gasteiger partial charge in [-0.2, -0.15) is 5.26 Å². The van der Waals surface area contributed by atoms with Gasteiger partial charge in [0, 0.05) is 24.9 Å². The second-order valence-electron chi connectivity index (χ2n) is 3.78. The highest BCUT2D eigenvalue weighted by Crippen LogP contribution is 2.22. The summed E-state index contributed by atoms with van der Waals surface area (Å²) < 4.78 is 0. The molecule has 15 heavy (non-hydrogen) atoms. The molecule has 2 nitrogen and oxygen atoms in total. The Labute approximate surface area is 90.4 Å². The molecular formula is C13H14N2. The van der Waals surface area contributed by atoms with Crippen LogP contribution in [0.5, 0.6) is 0 Å². The summed E-state index contributed by atoms with van der Waals surface area (Å²) in [6.07, 6.45) is 3.89. The molecule has 0 aliphatic carbocycles. The molecule has 0 saturated carbocycles. The van der Waals surface area contributed by atoms with Gasteiger partial charge in [0.25, 0.3) is 0 Å². The first-order valence-corrected chi connectivity index (χ1v) is 5.27. The summed E-state index contributed by atoms with van der Waals surface area (Å²) >= 11 is 0. The smallest absolute Gasteiger partial charge is 0.0930 e. The summed E-state index contributed by atoms with van der Waals surface area (Å²) in [4.78, 5) is 2.29. The maximum atomic E-state index is 8.66. The first kappa shape index (κ1) is 9.79. The van der Waals surface area contributed by atoms with E-state index >= 15 is 0 Å². The first-order valence-electron chi connectivity index (χ1n) is 5.27. The van der Waals surface area contributed by atoms with Gasteiger partial charge in [-0.25, -0.2) is 0 Å². The van der Waals surface area contributed by atoms with Crippen molar-refractivity contribution in [1.29, 1.82) is 5.26 Å². The standard InChI is InChI=1S/C13H14N2/c14-9-8-13-7-4-10-15(13)11-12-5-2-1-3-6-12/h1-3,5-6,8H,4,7,10-11H2. The highest BCUT2D eigenvalue weighted by Gasteiger charge is 2.16. The van der Waals surface area contributed by atoms with Gasteiger partial charge in [-0.1, -0.05) is 30.3 Å². The average Bonchev–Trinajstić information content (AvgIpc) is 2.68. The molecule has 1 aromatic carbocycles. The molecule has 1 aliphatic rings. The van der Waals surface area contributed by atoms with Crippen LogP contribution in [-0.4, -0.2) is 11.4 Å². The molecule has 2 rings (SSSR count). The summed E-state index contributed by atoms with van der Waals surface area (Å²) in [5.74, 6) is 0. The van der Waals surface area contributed by atoms with Gasteiger partial charge in [-0.05, 0) is 18.4 Å². The first-order chi connectivity index (χ1) is 7.40. The quantitative estimate of drug-likeness (QED) is 0.683. The minimum Gasteiger partial charge on any atom is -0.370 e. The second kappa shape index (κ2) is 4.65. The van der Waals surface area contributed by atoms with Gasteiger partial charge >= 0.3 is 0 Å². The van der Waals surface area contributed by atoms with E-state index in [1.54, 1.807) is 6.08 Å². The Morgan fingerprint density at radius 1 is 1.33 bits per heavy atom. The topological polar surface area (TPSA) is 27.0 Å². The molecule has 76 valence electrons. The van der Waals surface area contributed by atoms with E-state index in [-0.39, 0.29) is 0 Å². The Bertz CT molecular complexity index is 387. The van der Waals surface area contributed by atoms with Crippen LogP contribution in [0.25, 0.3) is 0 Å². The molecule has 1 saturated heterocycles. The Morgan fingerprint density at radius 3 is 2.87 bits per heavy atom. The molecule has 1 fully saturated rings. The minimum atomic E-state index is 0.925. The third kappa shape index (κ3) is 2.38. The van der Waals surface area contributed by atoms with Crippen molar-refractivity contribution in [2.45, 2.75) is 19.4 Å². The van der Waals surface area contributed by atoms with Crippen LogP contribution in [0.3, 0.4) is 0 Å². The van der Waals surface area contributed by atoms with Crippen LogP contribution in [0.2, 0.25) is 0 Å². The van der Waals surface area contributed by atoms with Crippen molar-refractivity contribution in [1.82, 2.24) is 4.90 Å². The Hall–Kier alpha value is -1.75. The molecule has 0 atom stereocenters.